The molecule has 186 valence electrons. The normalized spacial score (nSPS) is 14.9. The molecule has 0 saturated carbocycles. The van der Waals surface area contributed by atoms with Crippen LogP contribution < -0.4 is 4.90 Å². The molecule has 1 aromatic heterocycles. The van der Waals surface area contributed by atoms with Gasteiger partial charge in [-0.05, 0) is 36.9 Å². The van der Waals surface area contributed by atoms with Gasteiger partial charge in [0.15, 0.2) is 0 Å². The van der Waals surface area contributed by atoms with Gasteiger partial charge in [-0.2, -0.15) is 13.2 Å². The van der Waals surface area contributed by atoms with E-state index in [0.717, 1.165) is 12.6 Å². The third kappa shape index (κ3) is 5.59. The Morgan fingerprint density at radius 3 is 2.40 bits per heavy atom. The average Bonchev–Trinajstić information content (AvgIpc) is 3.34. The molecule has 35 heavy (non-hydrogen) atoms. The highest BCUT2D eigenvalue weighted by Crippen LogP contribution is 2.31. The number of aromatic nitrogens is 2. The number of hydrogen-bond donors (Lipinski definition) is 0. The molecule has 1 saturated heterocycles. The van der Waals surface area contributed by atoms with Crippen LogP contribution in [0.3, 0.4) is 0 Å². The van der Waals surface area contributed by atoms with E-state index < -0.39 is 35.6 Å². The highest BCUT2D eigenvalue weighted by atomic mass is 19.4. The second-order valence-electron chi connectivity index (χ2n) is 7.99. The average molecular weight is 495 g/mol. The van der Waals surface area contributed by atoms with Crippen LogP contribution in [0.1, 0.15) is 18.4 Å². The Balaban J connectivity index is 1.59. The first-order valence-electron chi connectivity index (χ1n) is 10.9. The quantitative estimate of drug-likeness (QED) is 0.476. The molecule has 0 aliphatic carbocycles. The number of halogens is 5. The first-order chi connectivity index (χ1) is 16.7. The van der Waals surface area contributed by atoms with E-state index in [0.29, 0.717) is 26.2 Å². The number of benzene rings is 2. The smallest absolute Gasteiger partial charge is 0.413 e. The minimum Gasteiger partial charge on any atom is -0.413 e. The molecule has 0 radical (unpaired) electrons. The van der Waals surface area contributed by atoms with Crippen LogP contribution in [0.15, 0.2) is 46.9 Å². The van der Waals surface area contributed by atoms with E-state index in [2.05, 4.69) is 19.5 Å². The van der Waals surface area contributed by atoms with Gasteiger partial charge < -0.3 is 14.2 Å². The summed E-state index contributed by atoms with van der Waals surface area (Å²) in [6, 6.07) is 8.61. The summed E-state index contributed by atoms with van der Waals surface area (Å²) in [6.45, 7) is 4.98. The predicted octanol–water partition coefficient (Wildman–Crippen LogP) is 4.80. The highest BCUT2D eigenvalue weighted by Gasteiger charge is 2.38. The number of nitrogens with zero attached hydrogens (tertiary/aromatic N) is 5. The number of rotatable bonds is 5. The van der Waals surface area contributed by atoms with E-state index in [1.807, 2.05) is 6.92 Å². The van der Waals surface area contributed by atoms with E-state index >= 15 is 0 Å². The lowest BCUT2D eigenvalue weighted by atomic mass is 10.1. The number of likely N-dealkylation sites (N-methyl/N-ethyl adjacent to an activating group) is 1. The molecule has 0 unspecified atom stereocenters. The van der Waals surface area contributed by atoms with Crippen molar-refractivity contribution in [1.29, 1.82) is 0 Å². The molecule has 1 aliphatic heterocycles. The molecule has 12 heteroatoms. The molecule has 0 spiro atoms. The molecule has 0 N–H and O–H groups in total. The summed E-state index contributed by atoms with van der Waals surface area (Å²) >= 11 is 0. The lowest BCUT2D eigenvalue weighted by molar-refractivity contribution is -0.156. The minimum atomic E-state index is -4.82. The third-order valence-corrected chi connectivity index (χ3v) is 5.74. The monoisotopic (exact) mass is 495 g/mol. The number of alkyl halides is 3. The Kier molecular flexibility index (Phi) is 7.01. The van der Waals surface area contributed by atoms with Crippen molar-refractivity contribution in [2.24, 2.45) is 0 Å². The van der Waals surface area contributed by atoms with Crippen LogP contribution in [0.5, 0.6) is 0 Å². The lowest BCUT2D eigenvalue weighted by Gasteiger charge is -2.37. The van der Waals surface area contributed by atoms with Gasteiger partial charge in [-0.1, -0.05) is 19.1 Å². The van der Waals surface area contributed by atoms with Crippen molar-refractivity contribution in [1.82, 2.24) is 20.0 Å². The maximum Gasteiger partial charge on any atom is 0.470 e. The molecule has 2 aromatic carbocycles. The molecule has 1 fully saturated rings. The van der Waals surface area contributed by atoms with Crippen LogP contribution >= 0.6 is 0 Å². The molecule has 2 heterocycles. The van der Waals surface area contributed by atoms with Gasteiger partial charge in [-0.25, -0.2) is 13.6 Å². The van der Waals surface area contributed by atoms with Gasteiger partial charge in [0.25, 0.3) is 0 Å². The fraction of sp³-hybridized carbons (Fsp3) is 0.348. The van der Waals surface area contributed by atoms with Crippen molar-refractivity contribution in [3.8, 4) is 11.5 Å². The Morgan fingerprint density at radius 2 is 1.80 bits per heavy atom. The van der Waals surface area contributed by atoms with Crippen LogP contribution in [0.25, 0.3) is 11.5 Å². The third-order valence-electron chi connectivity index (χ3n) is 5.74. The van der Waals surface area contributed by atoms with Crippen LogP contribution in [0, 0.1) is 11.6 Å². The number of piperazine rings is 1. The van der Waals surface area contributed by atoms with Gasteiger partial charge in [-0.3, -0.25) is 4.90 Å². The summed E-state index contributed by atoms with van der Waals surface area (Å²) in [5.74, 6) is -3.37. The number of carbonyl (C=O) groups is 1. The van der Waals surface area contributed by atoms with Crippen molar-refractivity contribution in [2.75, 3.05) is 37.6 Å². The number of urea groups is 1. The van der Waals surface area contributed by atoms with Crippen LogP contribution in [0.2, 0.25) is 0 Å². The van der Waals surface area contributed by atoms with Crippen molar-refractivity contribution in [2.45, 2.75) is 19.6 Å². The van der Waals surface area contributed by atoms with E-state index in [4.69, 9.17) is 0 Å². The summed E-state index contributed by atoms with van der Waals surface area (Å²) in [7, 11) is 0. The predicted molar refractivity (Wildman–Crippen MR) is 116 cm³/mol. The van der Waals surface area contributed by atoms with Crippen molar-refractivity contribution < 1.29 is 31.2 Å². The van der Waals surface area contributed by atoms with Gasteiger partial charge >= 0.3 is 18.1 Å². The second kappa shape index (κ2) is 9.98. The molecule has 0 bridgehead atoms. The first kappa shape index (κ1) is 24.6. The van der Waals surface area contributed by atoms with E-state index in [-0.39, 0.29) is 23.4 Å². The van der Waals surface area contributed by atoms with Gasteiger partial charge in [0, 0.05) is 43.0 Å². The second-order valence-corrected chi connectivity index (χ2v) is 7.99. The summed E-state index contributed by atoms with van der Waals surface area (Å²) in [5, 5.41) is 6.26. The van der Waals surface area contributed by atoms with Gasteiger partial charge in [0.1, 0.15) is 11.6 Å². The Labute approximate surface area is 197 Å². The SMILES string of the molecule is CCN1CCN(C(=O)N(Cc2ccc(-c3nnc(C(F)(F)F)o3)cc2F)c2cccc(F)c2)CC1. The minimum absolute atomic E-state index is 0.0476. The topological polar surface area (TPSA) is 65.7 Å². The summed E-state index contributed by atoms with van der Waals surface area (Å²) < 4.78 is 71.7. The van der Waals surface area contributed by atoms with E-state index in [1.54, 1.807) is 11.0 Å². The summed E-state index contributed by atoms with van der Waals surface area (Å²) in [4.78, 5) is 18.4. The van der Waals surface area contributed by atoms with Crippen molar-refractivity contribution in [3.63, 3.8) is 0 Å². The molecule has 7 nitrogen and oxygen atoms in total. The molecule has 4 rings (SSSR count). The van der Waals surface area contributed by atoms with E-state index in [1.165, 1.54) is 35.2 Å². The Morgan fingerprint density at radius 1 is 1.06 bits per heavy atom. The van der Waals surface area contributed by atoms with Crippen LogP contribution in [0.4, 0.5) is 32.4 Å². The number of amides is 2. The molecular weight excluding hydrogens is 473 g/mol. The van der Waals surface area contributed by atoms with Crippen molar-refractivity contribution in [3.05, 3.63) is 65.6 Å². The maximum atomic E-state index is 15.0. The fourth-order valence-corrected chi connectivity index (χ4v) is 3.77. The van der Waals surface area contributed by atoms with E-state index in [9.17, 15) is 26.7 Å². The summed E-state index contributed by atoms with van der Waals surface area (Å²) in [6.07, 6.45) is -4.82. The Hall–Kier alpha value is -3.54. The van der Waals surface area contributed by atoms with Crippen LogP contribution in [-0.2, 0) is 12.7 Å². The van der Waals surface area contributed by atoms with Crippen LogP contribution in [-0.4, -0.2) is 58.8 Å². The zero-order chi connectivity index (χ0) is 25.2. The Bertz CT molecular complexity index is 1190. The summed E-state index contributed by atoms with van der Waals surface area (Å²) in [5.41, 5.74) is 0.283. The van der Waals surface area contributed by atoms with Gasteiger partial charge in [0.2, 0.25) is 5.89 Å². The zero-order valence-corrected chi connectivity index (χ0v) is 18.7. The number of hydrogen-bond acceptors (Lipinski definition) is 5. The molecule has 1 aliphatic rings. The molecule has 3 aromatic rings. The number of carbonyl (C=O) groups excluding carboxylic acids is 1. The molecule has 2 amide bonds. The standard InChI is InChI=1S/C23H22F5N5O2/c1-2-31-8-10-32(11-9-31)22(34)33(18-5-3-4-17(24)13-18)14-16-7-6-15(12-19(16)25)20-29-30-21(35-20)23(26,27)28/h3-7,12-13H,2,8-11,14H2,1H3. The fourth-order valence-electron chi connectivity index (χ4n) is 3.77. The highest BCUT2D eigenvalue weighted by molar-refractivity contribution is 5.92. The molecule has 0 atom stereocenters. The van der Waals surface area contributed by atoms with Gasteiger partial charge in [0.05, 0.1) is 6.54 Å². The maximum absolute atomic E-state index is 15.0. The van der Waals surface area contributed by atoms with Crippen molar-refractivity contribution >= 4 is 11.7 Å². The zero-order valence-electron chi connectivity index (χ0n) is 18.7. The molecular formula is C23H22F5N5O2. The largest absolute Gasteiger partial charge is 0.470 e. The number of anilines is 1. The lowest BCUT2D eigenvalue weighted by Crippen LogP contribution is -2.52. The first-order valence-corrected chi connectivity index (χ1v) is 10.9. The van der Waals surface area contributed by atoms with Gasteiger partial charge in [-0.15, -0.1) is 10.2 Å².